The quantitative estimate of drug-likeness (QED) is 0.946. The fourth-order valence-corrected chi connectivity index (χ4v) is 3.95. The van der Waals surface area contributed by atoms with Crippen LogP contribution in [0.1, 0.15) is 27.8 Å². The molecule has 112 valence electrons. The molecule has 2 aromatic rings. The van der Waals surface area contributed by atoms with Gasteiger partial charge in [-0.3, -0.25) is 0 Å². The molecule has 0 saturated heterocycles. The predicted octanol–water partition coefficient (Wildman–Crippen LogP) is 2.82. The molecule has 0 unspecified atom stereocenters. The Morgan fingerprint density at radius 1 is 0.810 bits per heavy atom. The molecule has 5 nitrogen and oxygen atoms in total. The van der Waals surface area contributed by atoms with Gasteiger partial charge in [0.2, 0.25) is 5.95 Å². The van der Waals surface area contributed by atoms with Crippen molar-refractivity contribution in [3.63, 3.8) is 0 Å². The molecular formula is C15H19N3O2S. The number of hydrogen-bond donors (Lipinski definition) is 1. The number of benzene rings is 1. The fourth-order valence-electron chi connectivity index (χ4n) is 2.39. The molecule has 0 saturated carbocycles. The van der Waals surface area contributed by atoms with Crippen LogP contribution in [0.15, 0.2) is 23.4 Å². The second-order valence-electron chi connectivity index (χ2n) is 5.13. The predicted molar refractivity (Wildman–Crippen MR) is 83.0 cm³/mol. The Kier molecular flexibility index (Phi) is 4.00. The summed E-state index contributed by atoms with van der Waals surface area (Å²) in [6.45, 7) is 9.55. The minimum Gasteiger partial charge on any atom is -0.247 e. The molecule has 0 atom stereocenters. The summed E-state index contributed by atoms with van der Waals surface area (Å²) < 4.78 is 27.8. The summed E-state index contributed by atoms with van der Waals surface area (Å²) in [7, 11) is -3.71. The van der Waals surface area contributed by atoms with E-state index >= 15 is 0 Å². The molecule has 0 amide bonds. The Hall–Kier alpha value is -1.95. The summed E-state index contributed by atoms with van der Waals surface area (Å²) in [4.78, 5) is 8.13. The summed E-state index contributed by atoms with van der Waals surface area (Å²) in [6, 6.07) is 1.63. The number of hydrogen-bond acceptors (Lipinski definition) is 4. The van der Waals surface area contributed by atoms with E-state index in [9.17, 15) is 8.42 Å². The Balaban J connectivity index is 2.61. The van der Waals surface area contributed by atoms with E-state index in [2.05, 4.69) is 14.7 Å². The van der Waals surface area contributed by atoms with Crippen molar-refractivity contribution in [1.29, 1.82) is 0 Å². The third-order valence-corrected chi connectivity index (χ3v) is 5.59. The highest BCUT2D eigenvalue weighted by Crippen LogP contribution is 2.30. The second-order valence-corrected chi connectivity index (χ2v) is 6.75. The zero-order valence-electron chi connectivity index (χ0n) is 12.9. The van der Waals surface area contributed by atoms with E-state index < -0.39 is 10.0 Å². The summed E-state index contributed by atoms with van der Waals surface area (Å²) in [5.41, 5.74) is 4.64. The first-order valence-corrected chi connectivity index (χ1v) is 8.11. The number of nitrogens with zero attached hydrogens (tertiary/aromatic N) is 2. The van der Waals surface area contributed by atoms with Gasteiger partial charge in [-0.1, -0.05) is 0 Å². The zero-order chi connectivity index (χ0) is 15.8. The lowest BCUT2D eigenvalue weighted by Gasteiger charge is -2.18. The molecule has 0 aliphatic carbocycles. The van der Waals surface area contributed by atoms with E-state index in [0.717, 1.165) is 27.8 Å². The molecule has 0 spiro atoms. The van der Waals surface area contributed by atoms with Crippen LogP contribution in [0.25, 0.3) is 0 Å². The summed E-state index contributed by atoms with van der Waals surface area (Å²) in [5, 5.41) is 0. The first-order chi connectivity index (χ1) is 9.75. The topological polar surface area (TPSA) is 72.0 Å². The molecule has 2 rings (SSSR count). The normalized spacial score (nSPS) is 11.5. The van der Waals surface area contributed by atoms with Crippen molar-refractivity contribution in [3.05, 3.63) is 46.3 Å². The lowest BCUT2D eigenvalue weighted by atomic mass is 9.95. The molecule has 6 heteroatoms. The lowest BCUT2D eigenvalue weighted by Crippen LogP contribution is -2.19. The number of sulfonamides is 1. The van der Waals surface area contributed by atoms with Crippen LogP contribution >= 0.6 is 0 Å². The van der Waals surface area contributed by atoms with Gasteiger partial charge in [0.1, 0.15) is 0 Å². The minimum absolute atomic E-state index is 0.0761. The first kappa shape index (κ1) is 15.4. The van der Waals surface area contributed by atoms with Crippen LogP contribution in [0.5, 0.6) is 0 Å². The number of rotatable bonds is 3. The van der Waals surface area contributed by atoms with Crippen molar-refractivity contribution in [3.8, 4) is 0 Å². The Morgan fingerprint density at radius 3 is 1.71 bits per heavy atom. The molecule has 1 heterocycles. The average Bonchev–Trinajstić information content (AvgIpc) is 2.43. The van der Waals surface area contributed by atoms with Gasteiger partial charge in [-0.25, -0.2) is 23.1 Å². The highest BCUT2D eigenvalue weighted by Gasteiger charge is 2.24. The van der Waals surface area contributed by atoms with E-state index in [1.54, 1.807) is 6.07 Å². The Labute approximate surface area is 125 Å². The summed E-state index contributed by atoms with van der Waals surface area (Å²) in [6.07, 6.45) is 2.99. The van der Waals surface area contributed by atoms with Gasteiger partial charge < -0.3 is 0 Å². The van der Waals surface area contributed by atoms with E-state index in [1.807, 2.05) is 34.6 Å². The second kappa shape index (κ2) is 5.44. The van der Waals surface area contributed by atoms with Gasteiger partial charge in [-0.2, -0.15) is 0 Å². The molecule has 0 radical (unpaired) electrons. The molecule has 0 fully saturated rings. The molecular weight excluding hydrogens is 286 g/mol. The van der Waals surface area contributed by atoms with Crippen molar-refractivity contribution < 1.29 is 8.42 Å². The zero-order valence-corrected chi connectivity index (χ0v) is 13.7. The van der Waals surface area contributed by atoms with Gasteiger partial charge in [0, 0.05) is 12.4 Å². The minimum atomic E-state index is -3.71. The van der Waals surface area contributed by atoms with Crippen molar-refractivity contribution in [2.45, 2.75) is 39.5 Å². The highest BCUT2D eigenvalue weighted by atomic mass is 32.2. The molecule has 0 bridgehead atoms. The lowest BCUT2D eigenvalue weighted by molar-refractivity contribution is 0.599. The first-order valence-electron chi connectivity index (χ1n) is 6.62. The maximum absolute atomic E-state index is 12.7. The third-order valence-electron chi connectivity index (χ3n) is 3.99. The summed E-state index contributed by atoms with van der Waals surface area (Å²) >= 11 is 0. The van der Waals surface area contributed by atoms with Gasteiger partial charge >= 0.3 is 0 Å². The molecule has 21 heavy (non-hydrogen) atoms. The van der Waals surface area contributed by atoms with Gasteiger partial charge in [-0.05, 0) is 68.5 Å². The van der Waals surface area contributed by atoms with E-state index in [4.69, 9.17) is 0 Å². The SMILES string of the molecule is Cc1c(C)c(C)c(S(=O)(=O)Nc2ncccn2)c(C)c1C. The molecule has 1 aromatic heterocycles. The van der Waals surface area contributed by atoms with Gasteiger partial charge in [-0.15, -0.1) is 0 Å². The van der Waals surface area contributed by atoms with Crippen molar-refractivity contribution >= 4 is 16.0 Å². The maximum Gasteiger partial charge on any atom is 0.264 e. The van der Waals surface area contributed by atoms with Crippen LogP contribution in [0, 0.1) is 34.6 Å². The smallest absolute Gasteiger partial charge is 0.247 e. The van der Waals surface area contributed by atoms with Crippen molar-refractivity contribution in [2.75, 3.05) is 4.72 Å². The summed E-state index contributed by atoms with van der Waals surface area (Å²) in [5.74, 6) is 0.0761. The monoisotopic (exact) mass is 305 g/mol. The number of nitrogens with one attached hydrogen (secondary N) is 1. The van der Waals surface area contributed by atoms with Crippen molar-refractivity contribution in [2.24, 2.45) is 0 Å². The van der Waals surface area contributed by atoms with E-state index in [0.29, 0.717) is 4.90 Å². The van der Waals surface area contributed by atoms with E-state index in [-0.39, 0.29) is 5.95 Å². The standard InChI is InChI=1S/C15H19N3O2S/c1-9-10(2)12(4)14(13(5)11(9)3)21(19,20)18-15-16-7-6-8-17-15/h6-8H,1-5H3,(H,16,17,18). The molecule has 1 N–H and O–H groups in total. The highest BCUT2D eigenvalue weighted by molar-refractivity contribution is 7.92. The van der Waals surface area contributed by atoms with Gasteiger partial charge in [0.25, 0.3) is 10.0 Å². The Morgan fingerprint density at radius 2 is 1.24 bits per heavy atom. The Bertz CT molecular complexity index is 755. The van der Waals surface area contributed by atoms with Gasteiger partial charge in [0.05, 0.1) is 4.90 Å². The number of aromatic nitrogens is 2. The molecule has 1 aromatic carbocycles. The van der Waals surface area contributed by atoms with Crippen LogP contribution in [0.4, 0.5) is 5.95 Å². The maximum atomic E-state index is 12.7. The van der Waals surface area contributed by atoms with Gasteiger partial charge in [0.15, 0.2) is 0 Å². The molecule has 0 aliphatic heterocycles. The van der Waals surface area contributed by atoms with Crippen LogP contribution in [-0.2, 0) is 10.0 Å². The third kappa shape index (κ3) is 2.76. The van der Waals surface area contributed by atoms with Crippen LogP contribution in [0.2, 0.25) is 0 Å². The van der Waals surface area contributed by atoms with Crippen molar-refractivity contribution in [1.82, 2.24) is 9.97 Å². The molecule has 0 aliphatic rings. The van der Waals surface area contributed by atoms with Crippen LogP contribution < -0.4 is 4.72 Å². The average molecular weight is 305 g/mol. The largest absolute Gasteiger partial charge is 0.264 e. The van der Waals surface area contributed by atoms with Crippen LogP contribution in [-0.4, -0.2) is 18.4 Å². The van der Waals surface area contributed by atoms with Crippen LogP contribution in [0.3, 0.4) is 0 Å². The van der Waals surface area contributed by atoms with E-state index in [1.165, 1.54) is 12.4 Å². The number of anilines is 1. The fraction of sp³-hybridized carbons (Fsp3) is 0.333.